The molecular formula is C31H39N5O6S. The number of carbonyl (C=O) groups is 1. The summed E-state index contributed by atoms with van der Waals surface area (Å²) >= 11 is 0. The number of piperidine rings is 1. The third-order valence-corrected chi connectivity index (χ3v) is 11.0. The maximum absolute atomic E-state index is 13.9. The van der Waals surface area contributed by atoms with Crippen molar-refractivity contribution < 1.29 is 27.1 Å². The molecule has 0 bridgehead atoms. The van der Waals surface area contributed by atoms with Crippen molar-refractivity contribution in [2.45, 2.75) is 57.1 Å². The average molecular weight is 610 g/mol. The summed E-state index contributed by atoms with van der Waals surface area (Å²) in [6.45, 7) is 7.61. The van der Waals surface area contributed by atoms with Gasteiger partial charge in [0.1, 0.15) is 12.0 Å². The molecule has 2 atom stereocenters. The molecule has 2 saturated heterocycles. The van der Waals surface area contributed by atoms with E-state index in [1.165, 1.54) is 10.6 Å². The summed E-state index contributed by atoms with van der Waals surface area (Å²) in [6.07, 6.45) is 5.81. The van der Waals surface area contributed by atoms with Gasteiger partial charge in [-0.3, -0.25) is 9.69 Å². The lowest BCUT2D eigenvalue weighted by Crippen LogP contribution is -2.39. The highest BCUT2D eigenvalue weighted by atomic mass is 32.2. The van der Waals surface area contributed by atoms with Crippen molar-refractivity contribution in [3.8, 4) is 11.6 Å². The minimum atomic E-state index is -3.83. The molecule has 1 amide bonds. The van der Waals surface area contributed by atoms with Crippen LogP contribution in [0.15, 0.2) is 46.0 Å². The fraction of sp³-hybridized carbons (Fsp3) is 0.516. The van der Waals surface area contributed by atoms with Crippen LogP contribution >= 0.6 is 0 Å². The Morgan fingerprint density at radius 2 is 1.79 bits per heavy atom. The van der Waals surface area contributed by atoms with E-state index >= 15 is 0 Å². The lowest BCUT2D eigenvalue weighted by Gasteiger charge is -2.34. The predicted octanol–water partition coefficient (Wildman–Crippen LogP) is 3.65. The van der Waals surface area contributed by atoms with Crippen LogP contribution in [0.5, 0.6) is 11.6 Å². The second kappa shape index (κ2) is 11.9. The molecule has 1 saturated carbocycles. The van der Waals surface area contributed by atoms with Gasteiger partial charge in [-0.2, -0.15) is 4.31 Å². The fourth-order valence-corrected chi connectivity index (χ4v) is 8.59. The van der Waals surface area contributed by atoms with E-state index in [2.05, 4.69) is 14.9 Å². The smallest absolute Gasteiger partial charge is 0.275 e. The second-order valence-electron chi connectivity index (χ2n) is 12.0. The minimum absolute atomic E-state index is 0.0222. The highest BCUT2D eigenvalue weighted by Gasteiger charge is 2.42. The van der Waals surface area contributed by atoms with Gasteiger partial charge in [0, 0.05) is 44.5 Å². The van der Waals surface area contributed by atoms with Gasteiger partial charge in [0.15, 0.2) is 5.69 Å². The number of fused-ring (bicyclic) bond motifs is 1. The summed E-state index contributed by atoms with van der Waals surface area (Å²) in [5.41, 5.74) is 2.61. The molecule has 0 spiro atoms. The van der Waals surface area contributed by atoms with Crippen molar-refractivity contribution in [1.82, 2.24) is 24.1 Å². The summed E-state index contributed by atoms with van der Waals surface area (Å²) < 4.78 is 45.3. The van der Waals surface area contributed by atoms with Gasteiger partial charge in [0.25, 0.3) is 5.91 Å². The van der Waals surface area contributed by atoms with E-state index in [0.29, 0.717) is 47.7 Å². The van der Waals surface area contributed by atoms with E-state index in [1.807, 2.05) is 23.2 Å². The van der Waals surface area contributed by atoms with Gasteiger partial charge in [0.05, 0.1) is 25.7 Å². The van der Waals surface area contributed by atoms with Gasteiger partial charge in [-0.15, -0.1) is 0 Å². The van der Waals surface area contributed by atoms with Gasteiger partial charge in [-0.25, -0.2) is 18.4 Å². The van der Waals surface area contributed by atoms with Crippen LogP contribution in [-0.2, 0) is 23.1 Å². The molecule has 11 nitrogen and oxygen atoms in total. The lowest BCUT2D eigenvalue weighted by molar-refractivity contribution is 0.0777. The molecular weight excluding hydrogens is 570 g/mol. The molecule has 2 aliphatic heterocycles. The van der Waals surface area contributed by atoms with Gasteiger partial charge in [-0.05, 0) is 80.3 Å². The topological polar surface area (TPSA) is 118 Å². The van der Waals surface area contributed by atoms with Crippen LogP contribution in [0.4, 0.5) is 0 Å². The first kappa shape index (κ1) is 29.6. The monoisotopic (exact) mass is 609 g/mol. The number of oxazole rings is 1. The number of aromatic nitrogens is 2. The summed E-state index contributed by atoms with van der Waals surface area (Å²) in [7, 11) is -0.655. The van der Waals surface area contributed by atoms with E-state index in [9.17, 15) is 13.2 Å². The fourth-order valence-electron chi connectivity index (χ4n) is 6.54. The number of carbonyl (C=O) groups excluding carboxylic acids is 1. The number of ether oxygens (including phenoxy) is 2. The first-order valence-corrected chi connectivity index (χ1v) is 16.2. The molecule has 2 aromatic heterocycles. The Balaban J connectivity index is 1.10. The van der Waals surface area contributed by atoms with E-state index in [1.54, 1.807) is 40.2 Å². The predicted molar refractivity (Wildman–Crippen MR) is 158 cm³/mol. The summed E-state index contributed by atoms with van der Waals surface area (Å²) in [6, 6.07) is 7.27. The summed E-state index contributed by atoms with van der Waals surface area (Å²) in [4.78, 5) is 26.8. The van der Waals surface area contributed by atoms with Crippen molar-refractivity contribution >= 4 is 15.9 Å². The Kier molecular flexibility index (Phi) is 8.18. The van der Waals surface area contributed by atoms with Crippen molar-refractivity contribution in [2.24, 2.45) is 11.8 Å². The number of benzene rings is 1. The third-order valence-electron chi connectivity index (χ3n) is 8.84. The number of sulfonamides is 1. The number of hydrogen-bond acceptors (Lipinski definition) is 9. The molecule has 1 aromatic carbocycles. The highest BCUT2D eigenvalue weighted by molar-refractivity contribution is 7.89. The van der Waals surface area contributed by atoms with Crippen LogP contribution in [0.25, 0.3) is 0 Å². The first-order chi connectivity index (χ1) is 20.7. The van der Waals surface area contributed by atoms with Crippen LogP contribution in [0, 0.1) is 25.7 Å². The highest BCUT2D eigenvalue weighted by Crippen LogP contribution is 2.37. The minimum Gasteiger partial charge on any atom is -0.497 e. The second-order valence-corrected chi connectivity index (χ2v) is 13.8. The maximum atomic E-state index is 13.9. The van der Waals surface area contributed by atoms with Crippen LogP contribution in [-0.4, -0.2) is 84.8 Å². The average Bonchev–Trinajstić information content (AvgIpc) is 3.55. The van der Waals surface area contributed by atoms with Crippen molar-refractivity contribution in [2.75, 3.05) is 40.4 Å². The molecule has 6 rings (SSSR count). The summed E-state index contributed by atoms with van der Waals surface area (Å²) in [5, 5.41) is 0. The van der Waals surface area contributed by atoms with E-state index < -0.39 is 10.0 Å². The van der Waals surface area contributed by atoms with E-state index in [0.717, 1.165) is 44.5 Å². The number of nitrogens with zero attached hydrogens (tertiary/aromatic N) is 5. The standard InChI is InChI=1S/C31H39N5O6S/c1-20-11-26(40-3)12-21(2)30(20)43(38,39)36(25-6-7-25)18-29-33-27(19-42-29)31(37)35-16-23-9-10-34(15-24(23)17-35)14-22-5-8-28(41-4)32-13-22/h5,8,11-13,19,23-25H,6-7,9-10,14-18H2,1-4H3. The third kappa shape index (κ3) is 6.13. The van der Waals surface area contributed by atoms with E-state index in [-0.39, 0.29) is 35.0 Å². The lowest BCUT2D eigenvalue weighted by atomic mass is 9.88. The Hall–Kier alpha value is -3.48. The maximum Gasteiger partial charge on any atom is 0.275 e. The normalized spacial score (nSPS) is 20.8. The molecule has 230 valence electrons. The van der Waals surface area contributed by atoms with Gasteiger partial charge < -0.3 is 18.8 Å². The molecule has 1 aliphatic carbocycles. The van der Waals surface area contributed by atoms with Crippen LogP contribution in [0.2, 0.25) is 0 Å². The van der Waals surface area contributed by atoms with Gasteiger partial charge >= 0.3 is 0 Å². The first-order valence-electron chi connectivity index (χ1n) is 14.8. The molecule has 3 aromatic rings. The van der Waals surface area contributed by atoms with Crippen molar-refractivity contribution in [1.29, 1.82) is 0 Å². The van der Waals surface area contributed by atoms with Gasteiger partial charge in [0.2, 0.25) is 21.8 Å². The Morgan fingerprint density at radius 3 is 2.44 bits per heavy atom. The number of rotatable bonds is 10. The molecule has 4 heterocycles. The Bertz CT molecular complexity index is 1560. The number of amides is 1. The zero-order chi connectivity index (χ0) is 30.3. The molecule has 0 radical (unpaired) electrons. The van der Waals surface area contributed by atoms with Crippen molar-refractivity contribution in [3.05, 3.63) is 65.0 Å². The molecule has 3 fully saturated rings. The zero-order valence-electron chi connectivity index (χ0n) is 25.2. The van der Waals surface area contributed by atoms with Crippen LogP contribution in [0.3, 0.4) is 0 Å². The summed E-state index contributed by atoms with van der Waals surface area (Å²) in [5.74, 6) is 2.12. The number of hydrogen-bond donors (Lipinski definition) is 0. The van der Waals surface area contributed by atoms with E-state index in [4.69, 9.17) is 13.9 Å². The quantitative estimate of drug-likeness (QED) is 0.339. The number of likely N-dealkylation sites (tertiary alicyclic amines) is 2. The zero-order valence-corrected chi connectivity index (χ0v) is 26.0. The van der Waals surface area contributed by atoms with Crippen LogP contribution in [0.1, 0.15) is 52.3 Å². The number of pyridine rings is 1. The largest absolute Gasteiger partial charge is 0.497 e. The van der Waals surface area contributed by atoms with Crippen LogP contribution < -0.4 is 9.47 Å². The molecule has 3 aliphatic rings. The van der Waals surface area contributed by atoms with Crippen molar-refractivity contribution in [3.63, 3.8) is 0 Å². The molecule has 0 N–H and O–H groups in total. The van der Waals surface area contributed by atoms with Gasteiger partial charge in [-0.1, -0.05) is 6.07 Å². The SMILES string of the molecule is COc1cc(C)c(S(=O)(=O)N(Cc2nc(C(=O)N3CC4CCN(Cc5ccc(OC)nc5)CC4C3)co2)C2CC2)c(C)c1. The Labute approximate surface area is 252 Å². The molecule has 12 heteroatoms. The Morgan fingerprint density at radius 1 is 1.05 bits per heavy atom. The molecule has 2 unspecified atom stereocenters. The molecule has 43 heavy (non-hydrogen) atoms. The number of methoxy groups -OCH3 is 2. The number of aryl methyl sites for hydroxylation is 2.